The predicted molar refractivity (Wildman–Crippen MR) is 81.5 cm³/mol. The summed E-state index contributed by atoms with van der Waals surface area (Å²) in [5.74, 6) is -0.446. The highest BCUT2D eigenvalue weighted by atomic mass is 16.5. The molecular formula is C16H22N2O3. The molecular weight excluding hydrogens is 268 g/mol. The van der Waals surface area contributed by atoms with E-state index < -0.39 is 0 Å². The maximum atomic E-state index is 12.6. The van der Waals surface area contributed by atoms with Gasteiger partial charge in [-0.3, -0.25) is 9.59 Å². The van der Waals surface area contributed by atoms with E-state index >= 15 is 0 Å². The standard InChI is InChI=1S/C16H22N2O3/c1-4-21-15(19)11-18(14-9-10-14)16(20)12-5-7-13(8-6-12)17(2)3/h5-8,14H,4,9-11H2,1-3H3. The minimum atomic E-state index is -0.345. The topological polar surface area (TPSA) is 49.9 Å². The van der Waals surface area contributed by atoms with Crippen LogP contribution in [0, 0.1) is 0 Å². The van der Waals surface area contributed by atoms with Gasteiger partial charge in [-0.25, -0.2) is 0 Å². The molecule has 0 unspecified atom stereocenters. The van der Waals surface area contributed by atoms with Crippen LogP contribution in [-0.4, -0.2) is 50.1 Å². The van der Waals surface area contributed by atoms with E-state index in [4.69, 9.17) is 4.74 Å². The lowest BCUT2D eigenvalue weighted by molar-refractivity contribution is -0.144. The zero-order chi connectivity index (χ0) is 15.4. The fourth-order valence-electron chi connectivity index (χ4n) is 2.17. The largest absolute Gasteiger partial charge is 0.465 e. The smallest absolute Gasteiger partial charge is 0.325 e. The Bertz CT molecular complexity index is 507. The minimum Gasteiger partial charge on any atom is -0.465 e. The van der Waals surface area contributed by atoms with Gasteiger partial charge in [-0.05, 0) is 44.0 Å². The van der Waals surface area contributed by atoms with Gasteiger partial charge in [-0.2, -0.15) is 0 Å². The fourth-order valence-corrected chi connectivity index (χ4v) is 2.17. The average molecular weight is 290 g/mol. The number of benzene rings is 1. The van der Waals surface area contributed by atoms with Crippen molar-refractivity contribution in [3.8, 4) is 0 Å². The second-order valence-corrected chi connectivity index (χ2v) is 5.41. The van der Waals surface area contributed by atoms with Crippen LogP contribution >= 0.6 is 0 Å². The highest BCUT2D eigenvalue weighted by Gasteiger charge is 2.34. The quantitative estimate of drug-likeness (QED) is 0.751. The molecule has 0 heterocycles. The molecule has 2 rings (SSSR count). The Morgan fingerprint density at radius 3 is 2.29 bits per heavy atom. The van der Waals surface area contributed by atoms with Crippen molar-refractivity contribution in [1.29, 1.82) is 0 Å². The van der Waals surface area contributed by atoms with Crippen LogP contribution in [0.1, 0.15) is 30.1 Å². The van der Waals surface area contributed by atoms with Gasteiger partial charge in [-0.1, -0.05) is 0 Å². The van der Waals surface area contributed by atoms with E-state index in [1.807, 2.05) is 31.1 Å². The maximum absolute atomic E-state index is 12.6. The highest BCUT2D eigenvalue weighted by molar-refractivity contribution is 5.96. The van der Waals surface area contributed by atoms with E-state index in [0.29, 0.717) is 12.2 Å². The molecule has 1 aliphatic rings. The summed E-state index contributed by atoms with van der Waals surface area (Å²) in [6, 6.07) is 7.59. The molecule has 1 amide bonds. The molecule has 5 heteroatoms. The minimum absolute atomic E-state index is 0.0345. The molecule has 0 radical (unpaired) electrons. The number of hydrogen-bond donors (Lipinski definition) is 0. The van der Waals surface area contributed by atoms with Crippen LogP contribution in [0.4, 0.5) is 5.69 Å². The van der Waals surface area contributed by atoms with Crippen molar-refractivity contribution in [2.24, 2.45) is 0 Å². The van der Waals surface area contributed by atoms with Gasteiger partial charge < -0.3 is 14.5 Å². The third-order valence-electron chi connectivity index (χ3n) is 3.48. The van der Waals surface area contributed by atoms with Crippen molar-refractivity contribution in [3.63, 3.8) is 0 Å². The summed E-state index contributed by atoms with van der Waals surface area (Å²) in [5, 5.41) is 0. The summed E-state index contributed by atoms with van der Waals surface area (Å²) in [6.07, 6.45) is 1.92. The monoisotopic (exact) mass is 290 g/mol. The van der Waals surface area contributed by atoms with E-state index in [2.05, 4.69) is 0 Å². The first kappa shape index (κ1) is 15.4. The molecule has 21 heavy (non-hydrogen) atoms. The second kappa shape index (κ2) is 6.61. The molecule has 1 fully saturated rings. The number of anilines is 1. The normalized spacial score (nSPS) is 13.7. The van der Waals surface area contributed by atoms with Crippen LogP contribution < -0.4 is 4.90 Å². The molecule has 1 aromatic carbocycles. The molecule has 1 aromatic rings. The number of amides is 1. The van der Waals surface area contributed by atoms with Crippen molar-refractivity contribution in [2.75, 3.05) is 32.1 Å². The van der Waals surface area contributed by atoms with Gasteiger partial charge in [0.15, 0.2) is 0 Å². The molecule has 0 spiro atoms. The molecule has 0 N–H and O–H groups in total. The first-order chi connectivity index (χ1) is 10.0. The van der Waals surface area contributed by atoms with Crippen LogP contribution in [0.15, 0.2) is 24.3 Å². The second-order valence-electron chi connectivity index (χ2n) is 5.41. The van der Waals surface area contributed by atoms with Crippen molar-refractivity contribution in [3.05, 3.63) is 29.8 Å². The Labute approximate surface area is 125 Å². The molecule has 1 aliphatic carbocycles. The number of esters is 1. The van der Waals surface area contributed by atoms with Gasteiger partial charge in [0.05, 0.1) is 6.61 Å². The predicted octanol–water partition coefficient (Wildman–Crippen LogP) is 1.92. The van der Waals surface area contributed by atoms with Crippen molar-refractivity contribution in [2.45, 2.75) is 25.8 Å². The first-order valence-corrected chi connectivity index (χ1v) is 7.27. The average Bonchev–Trinajstić information content (AvgIpc) is 3.29. The lowest BCUT2D eigenvalue weighted by Crippen LogP contribution is -2.38. The molecule has 0 saturated heterocycles. The number of rotatable bonds is 6. The summed E-state index contributed by atoms with van der Waals surface area (Å²) in [5.41, 5.74) is 1.65. The lowest BCUT2D eigenvalue weighted by atomic mass is 10.1. The maximum Gasteiger partial charge on any atom is 0.325 e. The van der Waals surface area contributed by atoms with Gasteiger partial charge in [0.2, 0.25) is 0 Å². The number of ether oxygens (including phenoxy) is 1. The van der Waals surface area contributed by atoms with E-state index in [1.54, 1.807) is 24.0 Å². The molecule has 1 saturated carbocycles. The third kappa shape index (κ3) is 3.97. The molecule has 0 atom stereocenters. The first-order valence-electron chi connectivity index (χ1n) is 7.27. The summed E-state index contributed by atoms with van der Waals surface area (Å²) >= 11 is 0. The molecule has 0 bridgehead atoms. The SMILES string of the molecule is CCOC(=O)CN(C(=O)c1ccc(N(C)C)cc1)C1CC1. The zero-order valence-electron chi connectivity index (χ0n) is 12.8. The van der Waals surface area contributed by atoms with Gasteiger partial charge in [0.25, 0.3) is 5.91 Å². The van der Waals surface area contributed by atoms with Crippen LogP contribution in [0.2, 0.25) is 0 Å². The molecule has 5 nitrogen and oxygen atoms in total. The van der Waals surface area contributed by atoms with Crippen LogP contribution in [0.3, 0.4) is 0 Å². The fraction of sp³-hybridized carbons (Fsp3) is 0.500. The van der Waals surface area contributed by atoms with Gasteiger partial charge in [0, 0.05) is 31.4 Å². The Kier molecular flexibility index (Phi) is 4.83. The Balaban J connectivity index is 2.09. The number of nitrogens with zero attached hydrogens (tertiary/aromatic N) is 2. The van der Waals surface area contributed by atoms with Crippen LogP contribution in [0.5, 0.6) is 0 Å². The Morgan fingerprint density at radius 1 is 1.19 bits per heavy atom. The molecule has 0 aromatic heterocycles. The summed E-state index contributed by atoms with van der Waals surface area (Å²) in [6.45, 7) is 2.14. The van der Waals surface area contributed by atoms with Gasteiger partial charge in [0.1, 0.15) is 6.54 Å². The van der Waals surface area contributed by atoms with Crippen LogP contribution in [0.25, 0.3) is 0 Å². The Hall–Kier alpha value is -2.04. The van der Waals surface area contributed by atoms with E-state index in [0.717, 1.165) is 18.5 Å². The van der Waals surface area contributed by atoms with Gasteiger partial charge >= 0.3 is 5.97 Å². The highest BCUT2D eigenvalue weighted by Crippen LogP contribution is 2.28. The number of hydrogen-bond acceptors (Lipinski definition) is 4. The van der Waals surface area contributed by atoms with E-state index in [1.165, 1.54) is 0 Å². The van der Waals surface area contributed by atoms with Crippen LogP contribution in [-0.2, 0) is 9.53 Å². The Morgan fingerprint density at radius 2 is 1.81 bits per heavy atom. The summed E-state index contributed by atoms with van der Waals surface area (Å²) < 4.78 is 4.95. The van der Waals surface area contributed by atoms with Gasteiger partial charge in [-0.15, -0.1) is 0 Å². The lowest BCUT2D eigenvalue weighted by Gasteiger charge is -2.22. The van der Waals surface area contributed by atoms with E-state index in [9.17, 15) is 9.59 Å². The number of carbonyl (C=O) groups is 2. The van der Waals surface area contributed by atoms with Crippen molar-refractivity contribution < 1.29 is 14.3 Å². The van der Waals surface area contributed by atoms with Crippen molar-refractivity contribution in [1.82, 2.24) is 4.90 Å². The van der Waals surface area contributed by atoms with E-state index in [-0.39, 0.29) is 24.5 Å². The summed E-state index contributed by atoms with van der Waals surface area (Å²) in [7, 11) is 3.90. The third-order valence-corrected chi connectivity index (χ3v) is 3.48. The zero-order valence-corrected chi connectivity index (χ0v) is 12.8. The van der Waals surface area contributed by atoms with Crippen molar-refractivity contribution >= 4 is 17.6 Å². The summed E-state index contributed by atoms with van der Waals surface area (Å²) in [4.78, 5) is 27.8. The number of carbonyl (C=O) groups excluding carboxylic acids is 2. The molecule has 0 aliphatic heterocycles. The molecule has 114 valence electrons.